The summed E-state index contributed by atoms with van der Waals surface area (Å²) in [6.45, 7) is 3.44. The van der Waals surface area contributed by atoms with E-state index in [9.17, 15) is 35.3 Å². The minimum absolute atomic E-state index is 0.0385. The molecule has 2 unspecified atom stereocenters. The van der Waals surface area contributed by atoms with Gasteiger partial charge in [0.2, 0.25) is 7.01 Å². The second-order valence-electron chi connectivity index (χ2n) is 9.01. The van der Waals surface area contributed by atoms with Crippen LogP contribution in [0.1, 0.15) is 49.0 Å². The Morgan fingerprint density at radius 3 is 2.16 bits per heavy atom. The molecule has 5 nitrogen and oxygen atoms in total. The molecule has 202 valence electrons. The standard InChI is InChI=1S/C26H27F4IO5S/c1-3-16(2)19(26(34)35)12-13-23(32)22-14-24(33)20-6-4-5-7-21(20)25(22)36-15-17-8-10-18(11-9-17)37(27,28,29,30)31/h4-11,14,16,19,33H,3,12-13,15H2,1-2H3,(H,34,35). The number of carbonyl (C=O) groups is 2. The van der Waals surface area contributed by atoms with Gasteiger partial charge in [-0.2, -0.15) is 0 Å². The summed E-state index contributed by atoms with van der Waals surface area (Å²) in [6, 6.07) is 11.4. The Morgan fingerprint density at radius 2 is 1.62 bits per heavy atom. The average molecular weight is 654 g/mol. The molecular weight excluding hydrogens is 627 g/mol. The van der Waals surface area contributed by atoms with E-state index in [1.807, 2.05) is 6.92 Å². The number of hydrogen-bond acceptors (Lipinski definition) is 4. The van der Waals surface area contributed by atoms with Crippen molar-refractivity contribution in [3.63, 3.8) is 0 Å². The van der Waals surface area contributed by atoms with Gasteiger partial charge in [-0.1, -0.05) is 56.7 Å². The fraction of sp³-hybridized carbons (Fsp3) is 0.308. The Hall–Kier alpha value is -2.54. The number of hydrogen-bond donors (Lipinski definition) is 2. The number of carboxylic acid groups (broad SMARTS) is 1. The number of carbonyl (C=O) groups excluding carboxylic acids is 1. The van der Waals surface area contributed by atoms with Crippen molar-refractivity contribution < 1.29 is 40.1 Å². The highest BCUT2D eigenvalue weighted by Crippen LogP contribution is 3.06. The Balaban J connectivity index is 1.92. The van der Waals surface area contributed by atoms with E-state index < -0.39 is 29.6 Å². The summed E-state index contributed by atoms with van der Waals surface area (Å²) >= 11 is -0.0781. The third-order valence-electron chi connectivity index (χ3n) is 6.36. The van der Waals surface area contributed by atoms with Crippen LogP contribution in [-0.2, 0) is 11.4 Å². The highest BCUT2D eigenvalue weighted by atomic mass is 127. The molecule has 2 atom stereocenters. The zero-order chi connectivity index (χ0) is 27.7. The van der Waals surface area contributed by atoms with Crippen LogP contribution in [0.25, 0.3) is 10.8 Å². The van der Waals surface area contributed by atoms with Crippen LogP contribution in [0.2, 0.25) is 0 Å². The first kappa shape index (κ1) is 29.0. The lowest BCUT2D eigenvalue weighted by atomic mass is 9.86. The smallest absolute Gasteiger partial charge is 0.306 e. The number of rotatable bonds is 11. The van der Waals surface area contributed by atoms with E-state index in [1.165, 1.54) is 6.07 Å². The van der Waals surface area contributed by atoms with Gasteiger partial charge in [0.15, 0.2) is 5.78 Å². The molecule has 0 saturated heterocycles. The van der Waals surface area contributed by atoms with Gasteiger partial charge in [-0.3, -0.25) is 9.59 Å². The van der Waals surface area contributed by atoms with Crippen molar-refractivity contribution in [3.8, 4) is 11.5 Å². The molecule has 0 radical (unpaired) electrons. The lowest BCUT2D eigenvalue weighted by molar-refractivity contribution is -0.143. The molecule has 0 aliphatic rings. The first-order valence-corrected chi connectivity index (χ1v) is 16.1. The quantitative estimate of drug-likeness (QED) is 0.123. The van der Waals surface area contributed by atoms with E-state index >= 15 is 0 Å². The number of carboxylic acids is 1. The maximum absolute atomic E-state index is 13.7. The molecule has 0 aromatic heterocycles. The molecule has 0 saturated carbocycles. The number of fused-ring (bicyclic) bond motifs is 1. The van der Waals surface area contributed by atoms with Gasteiger partial charge < -0.3 is 14.9 Å². The summed E-state index contributed by atoms with van der Waals surface area (Å²) in [7, 11) is -8.34. The highest BCUT2D eigenvalue weighted by molar-refractivity contribution is 14.2. The van der Waals surface area contributed by atoms with Gasteiger partial charge >= 0.3 is 5.97 Å². The van der Waals surface area contributed by atoms with E-state index in [0.29, 0.717) is 34.9 Å². The summed E-state index contributed by atoms with van der Waals surface area (Å²) in [5.74, 6) is -2.33. The summed E-state index contributed by atoms with van der Waals surface area (Å²) < 4.78 is 60.5. The van der Waals surface area contributed by atoms with E-state index in [0.717, 1.165) is 12.1 Å². The van der Waals surface area contributed by atoms with Crippen LogP contribution < -0.4 is 4.74 Å². The van der Waals surface area contributed by atoms with Gasteiger partial charge in [-0.25, -0.2) is 0 Å². The Bertz CT molecular complexity index is 1330. The first-order chi connectivity index (χ1) is 17.0. The summed E-state index contributed by atoms with van der Waals surface area (Å²) in [6.07, 6.45) is 0.624. The molecule has 0 amide bonds. The fourth-order valence-electron chi connectivity index (χ4n) is 4.05. The van der Waals surface area contributed by atoms with Gasteiger partial charge in [0.05, 0.1) is 37.6 Å². The van der Waals surface area contributed by atoms with E-state index in [2.05, 4.69) is 0 Å². The van der Waals surface area contributed by atoms with Crippen LogP contribution in [0, 0.1) is 11.8 Å². The monoisotopic (exact) mass is 654 g/mol. The third kappa shape index (κ3) is 7.07. The molecule has 3 rings (SSSR count). The number of aromatic hydroxyl groups is 1. The Kier molecular flexibility index (Phi) is 7.82. The molecule has 0 bridgehead atoms. The second kappa shape index (κ2) is 9.97. The zero-order valence-corrected chi connectivity index (χ0v) is 23.1. The number of halogens is 5. The minimum Gasteiger partial charge on any atom is -0.507 e. The lowest BCUT2D eigenvalue weighted by Crippen LogP contribution is -2.22. The molecule has 0 fully saturated rings. The number of ketones is 1. The average Bonchev–Trinajstić information content (AvgIpc) is 2.81. The molecule has 3 aromatic rings. The number of aliphatic carboxylic acids is 1. The minimum atomic E-state index is -8.34. The van der Waals surface area contributed by atoms with Crippen molar-refractivity contribution in [1.82, 2.24) is 0 Å². The lowest BCUT2D eigenvalue weighted by Gasteiger charge is -2.43. The van der Waals surface area contributed by atoms with Gasteiger partial charge in [-0.05, 0) is 36.1 Å². The molecule has 0 aliphatic heterocycles. The Labute approximate surface area is 223 Å². The molecule has 0 spiro atoms. The number of benzene rings is 3. The van der Waals surface area contributed by atoms with Crippen LogP contribution in [0.3, 0.4) is 0 Å². The van der Waals surface area contributed by atoms with Gasteiger partial charge in [0, 0.05) is 17.2 Å². The third-order valence-corrected chi connectivity index (χ3v) is 9.04. The van der Waals surface area contributed by atoms with Crippen molar-refractivity contribution in [2.75, 3.05) is 0 Å². The van der Waals surface area contributed by atoms with Crippen molar-refractivity contribution in [1.29, 1.82) is 0 Å². The number of Topliss-reactive ketones (excluding diaryl/α,β-unsaturated/α-hetero) is 1. The number of phenolic OH excluding ortho intramolecular Hbond substituents is 1. The normalized spacial score (nSPS) is 15.4. The molecule has 11 heteroatoms. The van der Waals surface area contributed by atoms with E-state index in [4.69, 9.17) is 4.74 Å². The van der Waals surface area contributed by atoms with Crippen molar-refractivity contribution >= 4 is 50.7 Å². The summed E-state index contributed by atoms with van der Waals surface area (Å²) in [5.41, 5.74) is 0.344. The number of phenols is 1. The Morgan fingerprint density at radius 1 is 1.03 bits per heavy atom. The maximum Gasteiger partial charge on any atom is 0.306 e. The molecule has 3 aromatic carbocycles. The molecule has 2 N–H and O–H groups in total. The maximum atomic E-state index is 13.7. The topological polar surface area (TPSA) is 83.8 Å². The van der Waals surface area contributed by atoms with Gasteiger partial charge in [0.25, 0.3) is 0 Å². The van der Waals surface area contributed by atoms with Crippen LogP contribution in [-0.4, -0.2) is 22.0 Å². The molecule has 0 aliphatic carbocycles. The van der Waals surface area contributed by atoms with E-state index in [-0.39, 0.29) is 63.6 Å². The van der Waals surface area contributed by atoms with E-state index in [1.54, 1.807) is 31.2 Å². The van der Waals surface area contributed by atoms with Crippen LogP contribution >= 0.6 is 28.2 Å². The highest BCUT2D eigenvalue weighted by Gasteiger charge is 2.61. The molecule has 0 heterocycles. The van der Waals surface area contributed by atoms with Crippen LogP contribution in [0.15, 0.2) is 59.5 Å². The predicted octanol–water partition coefficient (Wildman–Crippen LogP) is 8.96. The second-order valence-corrected chi connectivity index (χ2v) is 16.7. The fourth-order valence-corrected chi connectivity index (χ4v) is 5.58. The zero-order valence-electron chi connectivity index (χ0n) is 20.1. The van der Waals surface area contributed by atoms with Crippen molar-refractivity contribution in [2.45, 2.75) is 44.6 Å². The molecule has 37 heavy (non-hydrogen) atoms. The van der Waals surface area contributed by atoms with Crippen molar-refractivity contribution in [3.05, 3.63) is 65.7 Å². The number of ether oxygens (including phenoxy) is 1. The van der Waals surface area contributed by atoms with Gasteiger partial charge in [-0.15, -0.1) is 15.5 Å². The summed E-state index contributed by atoms with van der Waals surface area (Å²) in [4.78, 5) is 23.5. The first-order valence-electron chi connectivity index (χ1n) is 11.5. The van der Waals surface area contributed by atoms with Gasteiger partial charge in [0.1, 0.15) is 18.1 Å². The molecular formula is C26H27F4IO5S. The SMILES string of the molecule is CCC(C)C(CCC(=O)c1cc(O)c2ccccc2c1OCc1ccc(S(F)(F)(F)(F)I)cc1)C(=O)O. The van der Waals surface area contributed by atoms with Crippen LogP contribution in [0.4, 0.5) is 15.5 Å². The summed E-state index contributed by atoms with van der Waals surface area (Å²) in [5, 5.41) is 20.9. The predicted molar refractivity (Wildman–Crippen MR) is 145 cm³/mol. The largest absolute Gasteiger partial charge is 0.507 e. The van der Waals surface area contributed by atoms with Crippen LogP contribution in [0.5, 0.6) is 11.5 Å². The van der Waals surface area contributed by atoms with Crippen molar-refractivity contribution in [2.24, 2.45) is 11.8 Å².